The number of ether oxygens (including phenoxy) is 3. The average molecular weight is 1150 g/mol. The minimum atomic E-state index is -0.958. The first-order valence-corrected chi connectivity index (χ1v) is 28.3. The number of hydrogen-bond donors (Lipinski definition) is 5. The molecule has 4 heterocycles. The summed E-state index contributed by atoms with van der Waals surface area (Å²) in [6.07, 6.45) is 0.287. The number of amides is 5. The fraction of sp³-hybridized carbons (Fsp3) is 0.500. The molecule has 0 spiro atoms. The Morgan fingerprint density at radius 2 is 1.49 bits per heavy atom. The van der Waals surface area contributed by atoms with E-state index in [0.29, 0.717) is 56.2 Å². The molecule has 7 rings (SSSR count). The van der Waals surface area contributed by atoms with Gasteiger partial charge in [0.05, 0.1) is 79.0 Å². The topological polar surface area (TPSA) is 238 Å². The van der Waals surface area contributed by atoms with Crippen LogP contribution in [0.15, 0.2) is 84.4 Å². The van der Waals surface area contributed by atoms with Gasteiger partial charge in [0.1, 0.15) is 12.1 Å². The average Bonchev–Trinajstić information content (AvgIpc) is 4.27. The highest BCUT2D eigenvalue weighted by Gasteiger charge is 2.46. The molecule has 3 aromatic carbocycles. The lowest BCUT2D eigenvalue weighted by Gasteiger charge is -2.35. The molecule has 0 radical (unpaired) electrons. The number of benzene rings is 3. The number of carbonyl (C=O) groups is 6. The van der Waals surface area contributed by atoms with Crippen molar-refractivity contribution in [2.45, 2.75) is 123 Å². The van der Waals surface area contributed by atoms with Crippen LogP contribution in [0.3, 0.4) is 0 Å². The van der Waals surface area contributed by atoms with Gasteiger partial charge in [0, 0.05) is 68.0 Å². The first-order chi connectivity index (χ1) is 38.1. The van der Waals surface area contributed by atoms with Gasteiger partial charge < -0.3 is 50.0 Å². The Balaban J connectivity index is 0.0000106. The van der Waals surface area contributed by atoms with Crippen LogP contribution in [0.2, 0.25) is 0 Å². The summed E-state index contributed by atoms with van der Waals surface area (Å²) in [4.78, 5) is 91.8. The number of likely N-dealkylation sites (N-methyl/N-ethyl adjacent to an activating group) is 1. The van der Waals surface area contributed by atoms with E-state index in [1.807, 2.05) is 115 Å². The number of nitrogens with one attached hydrogen (secondary N) is 4. The van der Waals surface area contributed by atoms with Crippen molar-refractivity contribution >= 4 is 66.0 Å². The highest BCUT2D eigenvalue weighted by atomic mass is 32.1. The molecule has 0 aliphatic carbocycles. The molecule has 19 nitrogen and oxygen atoms in total. The Morgan fingerprint density at radius 3 is 2.12 bits per heavy atom. The minimum absolute atomic E-state index is 0. The van der Waals surface area contributed by atoms with Gasteiger partial charge in [-0.3, -0.25) is 33.9 Å². The number of likely N-dealkylation sites (tertiary alicyclic amines) is 1. The van der Waals surface area contributed by atoms with Gasteiger partial charge in [0.25, 0.3) is 5.91 Å². The van der Waals surface area contributed by atoms with Crippen molar-refractivity contribution in [2.75, 3.05) is 72.1 Å². The normalized spacial score (nSPS) is 16.8. The maximum Gasteiger partial charge on any atom is 0.256 e. The predicted molar refractivity (Wildman–Crippen MR) is 316 cm³/mol. The van der Waals surface area contributed by atoms with Crippen molar-refractivity contribution in [3.05, 3.63) is 124 Å². The van der Waals surface area contributed by atoms with Gasteiger partial charge in [-0.15, -0.1) is 11.3 Å². The number of thiazole rings is 1. The van der Waals surface area contributed by atoms with E-state index in [0.717, 1.165) is 45.1 Å². The van der Waals surface area contributed by atoms with Gasteiger partial charge >= 0.3 is 0 Å². The minimum Gasteiger partial charge on any atom is -0.391 e. The summed E-state index contributed by atoms with van der Waals surface area (Å²) >= 11 is 1.57. The lowest BCUT2D eigenvalue weighted by atomic mass is 9.85. The number of anilines is 1. The second-order valence-electron chi connectivity index (χ2n) is 22.6. The fourth-order valence-corrected chi connectivity index (χ4v) is 11.0. The smallest absolute Gasteiger partial charge is 0.256 e. The van der Waals surface area contributed by atoms with E-state index in [1.165, 1.54) is 4.90 Å². The van der Waals surface area contributed by atoms with E-state index < -0.39 is 35.0 Å². The number of Topliss-reactive ketones (excluding diaryl/α,β-unsaturated/α-hetero) is 1. The van der Waals surface area contributed by atoms with E-state index in [2.05, 4.69) is 48.2 Å². The Hall–Kier alpha value is -6.33. The third kappa shape index (κ3) is 16.9. The number of fused-ring (bicyclic) bond motifs is 1. The van der Waals surface area contributed by atoms with Crippen molar-refractivity contribution in [1.29, 1.82) is 0 Å². The van der Waals surface area contributed by atoms with Crippen LogP contribution in [-0.4, -0.2) is 155 Å². The molecule has 1 saturated heterocycles. The first kappa shape index (κ1) is 63.8. The number of aliphatic hydroxyl groups excluding tert-OH is 1. The molecular formula is C60H81N9O10S2. The first-order valence-electron chi connectivity index (χ1n) is 27.5. The van der Waals surface area contributed by atoms with E-state index in [9.17, 15) is 33.9 Å². The molecule has 5 amide bonds. The van der Waals surface area contributed by atoms with Gasteiger partial charge in [0.2, 0.25) is 23.6 Å². The molecule has 2 aliphatic rings. The van der Waals surface area contributed by atoms with E-state index >= 15 is 0 Å². The quantitative estimate of drug-likeness (QED) is 0.0257. The molecule has 21 heteroatoms. The van der Waals surface area contributed by atoms with Crippen LogP contribution < -0.4 is 16.0 Å². The Labute approximate surface area is 486 Å². The number of aliphatic hydroxyl groups is 1. The van der Waals surface area contributed by atoms with Crippen LogP contribution in [0.4, 0.5) is 5.82 Å². The lowest BCUT2D eigenvalue weighted by Crippen LogP contribution is -2.58. The van der Waals surface area contributed by atoms with Crippen LogP contribution in [0.1, 0.15) is 134 Å². The van der Waals surface area contributed by atoms with Crippen molar-refractivity contribution in [2.24, 2.45) is 5.41 Å². The van der Waals surface area contributed by atoms with Gasteiger partial charge in [0.15, 0.2) is 11.6 Å². The predicted octanol–water partition coefficient (Wildman–Crippen LogP) is 7.29. The summed E-state index contributed by atoms with van der Waals surface area (Å²) < 4.78 is 16.9. The number of rotatable bonds is 27. The van der Waals surface area contributed by atoms with Crippen molar-refractivity contribution in [1.82, 2.24) is 40.5 Å². The van der Waals surface area contributed by atoms with Crippen LogP contribution in [0, 0.1) is 12.3 Å². The SMILES string of the molecule is Cc1ncsc1-c1ccc([C@H](C)NC(=O)[C@@H]2C[C@@H](O)CN2C(=O)[C@@H](NC(=O)CCOCCOCCOCCCC(=O)c2ccc(C(=O)Nc3n[nH]c4c3CN(C(=O)C[C@H](CN(C)C)c3ccccc3)C4(C)C)cc2)C(C)(C)C)cc1.S. The summed E-state index contributed by atoms with van der Waals surface area (Å²) in [5.41, 5.74) is 6.83. The number of nitrogens with zero attached hydrogens (tertiary/aromatic N) is 5. The number of carbonyl (C=O) groups excluding carboxylic acids is 6. The number of aromatic nitrogens is 3. The van der Waals surface area contributed by atoms with Crippen LogP contribution >= 0.6 is 24.8 Å². The molecule has 0 bridgehead atoms. The molecule has 0 saturated carbocycles. The Morgan fingerprint density at radius 1 is 0.852 bits per heavy atom. The highest BCUT2D eigenvalue weighted by Crippen LogP contribution is 2.42. The molecule has 0 unspecified atom stereocenters. The Kier molecular flexibility index (Phi) is 22.9. The third-order valence-electron chi connectivity index (χ3n) is 14.7. The molecule has 2 aliphatic heterocycles. The van der Waals surface area contributed by atoms with E-state index in [4.69, 9.17) is 14.2 Å². The highest BCUT2D eigenvalue weighted by molar-refractivity contribution is 7.59. The zero-order chi connectivity index (χ0) is 57.7. The third-order valence-corrected chi connectivity index (χ3v) is 15.7. The molecule has 1 fully saturated rings. The zero-order valence-electron chi connectivity index (χ0n) is 48.1. The van der Waals surface area contributed by atoms with Gasteiger partial charge in [-0.2, -0.15) is 18.6 Å². The van der Waals surface area contributed by atoms with Crippen molar-refractivity contribution in [3.8, 4) is 10.4 Å². The summed E-state index contributed by atoms with van der Waals surface area (Å²) in [7, 11) is 4.00. The Bertz CT molecular complexity index is 2910. The molecule has 5 N–H and O–H groups in total. The van der Waals surface area contributed by atoms with Gasteiger partial charge in [-0.05, 0) is 82.4 Å². The maximum atomic E-state index is 14.1. The number of aromatic amines is 1. The van der Waals surface area contributed by atoms with Gasteiger partial charge in [-0.25, -0.2) is 4.98 Å². The van der Waals surface area contributed by atoms with Crippen molar-refractivity contribution in [3.63, 3.8) is 0 Å². The van der Waals surface area contributed by atoms with Crippen LogP contribution in [-0.2, 0) is 45.5 Å². The van der Waals surface area contributed by atoms with Crippen LogP contribution in [0.25, 0.3) is 10.4 Å². The van der Waals surface area contributed by atoms with Crippen LogP contribution in [0.5, 0.6) is 0 Å². The van der Waals surface area contributed by atoms with Crippen molar-refractivity contribution < 1.29 is 48.1 Å². The number of β-amino-alcohol motifs (C(OH)–C–C–N with tert-alkyl or cyclic N) is 1. The fourth-order valence-electron chi connectivity index (χ4n) is 10.2. The molecule has 81 heavy (non-hydrogen) atoms. The summed E-state index contributed by atoms with van der Waals surface area (Å²) in [5, 5.41) is 26.9. The molecule has 5 aromatic rings. The largest absolute Gasteiger partial charge is 0.391 e. The molecule has 5 atom stereocenters. The lowest BCUT2D eigenvalue weighted by molar-refractivity contribution is -0.144. The second kappa shape index (κ2) is 29.1. The second-order valence-corrected chi connectivity index (χ2v) is 23.4. The molecule has 2 aromatic heterocycles. The number of ketones is 1. The standard InChI is InChI=1S/C60H79N9O10S.H2S/c1-38(40-17-21-43(22-18-40)52-39(2)61-37-80-52)62-57(75)48-33-46(70)35-68(48)58(76)54(59(3,4)5)63-50(72)25-27-78-29-31-79-30-28-77-26-13-16-49(71)42-19-23-44(24-20-42)56(74)64-55-47-36-69(60(6,7)53(47)65-66-55)51(73)32-45(34-67(8)9)41-14-11-10-12-15-41;/h10-12,14-15,17-24,37-38,45-46,48,54,70H,13,16,25-36H2,1-9H3,(H,62,75)(H,63,72)(H2,64,65,66,74);1H2/t38-,45+,46+,48-,54+;/m0./s1. The van der Waals surface area contributed by atoms with Gasteiger partial charge in [-0.1, -0.05) is 87.5 Å². The van der Waals surface area contributed by atoms with E-state index in [-0.39, 0.29) is 100 Å². The summed E-state index contributed by atoms with van der Waals surface area (Å²) in [6, 6.07) is 22.2. The molecule has 438 valence electrons. The maximum absolute atomic E-state index is 14.1. The number of aryl methyl sites for hydroxylation is 1. The zero-order valence-corrected chi connectivity index (χ0v) is 50.0. The monoisotopic (exact) mass is 1150 g/mol. The number of hydrogen-bond acceptors (Lipinski definition) is 14. The summed E-state index contributed by atoms with van der Waals surface area (Å²) in [5.74, 6) is -1.26. The number of H-pyrrole nitrogens is 1. The molecular weight excluding hydrogens is 1070 g/mol. The van der Waals surface area contributed by atoms with E-state index in [1.54, 1.807) is 35.6 Å². The summed E-state index contributed by atoms with van der Waals surface area (Å²) in [6.45, 7) is 15.9.